The Kier molecular flexibility index (Phi) is 48.4. The molecule has 0 aromatic heterocycles. The fourth-order valence-corrected chi connectivity index (χ4v) is 8.05. The zero-order valence-corrected chi connectivity index (χ0v) is 47.5. The number of quaternary nitrogens is 1. The van der Waals surface area contributed by atoms with Crippen LogP contribution in [0.25, 0.3) is 0 Å². The number of phosphoric ester groups is 1. The molecule has 1 amide bonds. The van der Waals surface area contributed by atoms with Crippen molar-refractivity contribution >= 4 is 19.7 Å². The molecule has 0 bridgehead atoms. The summed E-state index contributed by atoms with van der Waals surface area (Å²) < 4.78 is 30.5. The summed E-state index contributed by atoms with van der Waals surface area (Å²) in [6.07, 6.45) is 70.6. The SMILES string of the molecule is CC/C=C\C/C=C\C/C=C\C/C=C\C/C=C\CCCC(=O)OC(/C=C/CCCCCCCCCCCCC)C(COP(=O)(O)OCC[N+](C)(C)C)NC(=O)CCCCC/C=C/C/C=C/C/C=C/C/C=C/CC. The predicted molar refractivity (Wildman–Crippen MR) is 309 cm³/mol. The van der Waals surface area contributed by atoms with Crippen LogP contribution in [0.3, 0.4) is 0 Å². The molecule has 0 aromatic carbocycles. The smallest absolute Gasteiger partial charge is 0.456 e. The number of ether oxygens (including phenoxy) is 1. The monoisotopic (exact) mass is 1020 g/mol. The van der Waals surface area contributed by atoms with E-state index in [1.54, 1.807) is 0 Å². The fraction of sp³-hybridized carbons (Fsp3) is 0.645. The van der Waals surface area contributed by atoms with Crippen LogP contribution in [0.5, 0.6) is 0 Å². The first kappa shape index (κ1) is 68.4. The summed E-state index contributed by atoms with van der Waals surface area (Å²) in [5, 5.41) is 3.01. The van der Waals surface area contributed by atoms with Gasteiger partial charge in [-0.15, -0.1) is 0 Å². The van der Waals surface area contributed by atoms with Crippen molar-refractivity contribution in [3.63, 3.8) is 0 Å². The van der Waals surface area contributed by atoms with Crippen LogP contribution >= 0.6 is 7.82 Å². The van der Waals surface area contributed by atoms with Gasteiger partial charge in [-0.3, -0.25) is 18.6 Å². The van der Waals surface area contributed by atoms with Crippen LogP contribution < -0.4 is 5.32 Å². The molecule has 0 aliphatic rings. The standard InChI is InChI=1S/C62H105N2O7P/c1-7-10-13-16-19-22-25-28-30-32-34-37-40-43-46-49-52-55-62(66)71-60(53-50-47-44-41-38-35-27-24-21-18-15-12-9-3)59(58-70-72(67,68)69-57-56-64(4,5)6)63-61(65)54-51-48-45-42-39-36-33-31-29-26-23-20-17-14-11-8-2/h10-11,13-14,19-20,22-23,28-31,34,36-37,39,43,46,50,53,59-60H,7-9,12,15-18,21,24-27,32-33,35,38,40-42,44-45,47-49,51-52,54-58H2,1-6H3,(H-,63,65,67,68)/p+1/b13-10-,14-11+,22-19-,23-20+,30-28-,31-29+,37-34-,39-36+,46-43-,53-50+. The first-order valence-electron chi connectivity index (χ1n) is 28.4. The van der Waals surface area contributed by atoms with E-state index in [1.165, 1.54) is 57.8 Å². The zero-order valence-electron chi connectivity index (χ0n) is 46.6. The number of carbonyl (C=O) groups excluding carboxylic acids is 2. The number of amides is 1. The lowest BCUT2D eigenvalue weighted by molar-refractivity contribution is -0.870. The van der Waals surface area contributed by atoms with Gasteiger partial charge in [0.1, 0.15) is 19.3 Å². The summed E-state index contributed by atoms with van der Waals surface area (Å²) in [6.45, 7) is 6.69. The first-order chi connectivity index (χ1) is 34.9. The number of hydrogen-bond acceptors (Lipinski definition) is 6. The van der Waals surface area contributed by atoms with Crippen LogP contribution in [0.1, 0.15) is 207 Å². The zero-order chi connectivity index (χ0) is 52.9. The Morgan fingerprint density at radius 1 is 0.500 bits per heavy atom. The van der Waals surface area contributed by atoms with Crippen molar-refractivity contribution in [2.45, 2.75) is 219 Å². The van der Waals surface area contributed by atoms with Crippen molar-refractivity contribution < 1.29 is 37.3 Å². The molecule has 72 heavy (non-hydrogen) atoms. The third-order valence-electron chi connectivity index (χ3n) is 11.6. The number of carbonyl (C=O) groups is 2. The molecule has 3 unspecified atom stereocenters. The summed E-state index contributed by atoms with van der Waals surface area (Å²) in [5.41, 5.74) is 0. The summed E-state index contributed by atoms with van der Waals surface area (Å²) >= 11 is 0. The Labute approximate surface area is 442 Å². The highest BCUT2D eigenvalue weighted by atomic mass is 31.2. The molecule has 0 aromatic rings. The van der Waals surface area contributed by atoms with Gasteiger partial charge in [0.25, 0.3) is 0 Å². The number of hydrogen-bond donors (Lipinski definition) is 2. The van der Waals surface area contributed by atoms with Crippen molar-refractivity contribution in [3.8, 4) is 0 Å². The number of nitrogens with one attached hydrogen (secondary N) is 1. The number of likely N-dealkylation sites (N-methyl/N-ethyl adjacent to an activating group) is 1. The van der Waals surface area contributed by atoms with E-state index in [-0.39, 0.29) is 32.0 Å². The molecule has 410 valence electrons. The lowest BCUT2D eigenvalue weighted by Crippen LogP contribution is -2.47. The maximum absolute atomic E-state index is 13.5. The van der Waals surface area contributed by atoms with Crippen molar-refractivity contribution in [1.29, 1.82) is 0 Å². The van der Waals surface area contributed by atoms with Gasteiger partial charge in [0.2, 0.25) is 5.91 Å². The van der Waals surface area contributed by atoms with E-state index < -0.39 is 25.9 Å². The summed E-state index contributed by atoms with van der Waals surface area (Å²) in [7, 11) is 1.42. The maximum atomic E-state index is 13.5. The number of phosphoric acid groups is 1. The number of allylic oxidation sites excluding steroid dienone is 19. The van der Waals surface area contributed by atoms with E-state index in [4.69, 9.17) is 13.8 Å². The van der Waals surface area contributed by atoms with Gasteiger partial charge in [-0.05, 0) is 109 Å². The molecule has 0 radical (unpaired) electrons. The molecule has 0 rings (SSSR count). The Morgan fingerprint density at radius 3 is 1.36 bits per heavy atom. The number of nitrogens with zero attached hydrogens (tertiary/aromatic N) is 1. The molecule has 0 aliphatic carbocycles. The van der Waals surface area contributed by atoms with E-state index in [9.17, 15) is 19.0 Å². The minimum atomic E-state index is -4.47. The molecule has 2 N–H and O–H groups in total. The minimum Gasteiger partial charge on any atom is -0.456 e. The van der Waals surface area contributed by atoms with Crippen molar-refractivity contribution in [2.75, 3.05) is 40.9 Å². The Bertz CT molecular complexity index is 1650. The van der Waals surface area contributed by atoms with E-state index in [1.807, 2.05) is 33.3 Å². The van der Waals surface area contributed by atoms with Gasteiger partial charge < -0.3 is 19.4 Å². The molecular formula is C62H106N2O7P+. The van der Waals surface area contributed by atoms with Crippen LogP contribution in [0.4, 0.5) is 0 Å². The molecular weight excluding hydrogens is 916 g/mol. The average Bonchev–Trinajstić information content (AvgIpc) is 3.34. The van der Waals surface area contributed by atoms with E-state index in [2.05, 4.69) is 135 Å². The van der Waals surface area contributed by atoms with Crippen molar-refractivity contribution in [1.82, 2.24) is 5.32 Å². The van der Waals surface area contributed by atoms with Gasteiger partial charge in [-0.25, -0.2) is 4.57 Å². The molecule has 10 heteroatoms. The van der Waals surface area contributed by atoms with E-state index in [0.29, 0.717) is 23.9 Å². The van der Waals surface area contributed by atoms with Crippen molar-refractivity contribution in [3.05, 3.63) is 122 Å². The quantitative estimate of drug-likeness (QED) is 0.0205. The van der Waals surface area contributed by atoms with E-state index in [0.717, 1.165) is 103 Å². The topological polar surface area (TPSA) is 111 Å². The molecule has 0 heterocycles. The predicted octanol–water partition coefficient (Wildman–Crippen LogP) is 17.2. The summed E-state index contributed by atoms with van der Waals surface area (Å²) in [4.78, 5) is 37.6. The third-order valence-corrected chi connectivity index (χ3v) is 12.6. The van der Waals surface area contributed by atoms with Gasteiger partial charge in [-0.2, -0.15) is 0 Å². The molecule has 0 spiro atoms. The van der Waals surface area contributed by atoms with Crippen molar-refractivity contribution in [2.24, 2.45) is 0 Å². The van der Waals surface area contributed by atoms with Crippen LogP contribution in [-0.4, -0.2) is 74.3 Å². The lowest BCUT2D eigenvalue weighted by atomic mass is 10.0. The normalized spacial score (nSPS) is 14.7. The Morgan fingerprint density at radius 2 is 0.903 bits per heavy atom. The second kappa shape index (κ2) is 50.9. The molecule has 0 saturated heterocycles. The molecule has 3 atom stereocenters. The molecule has 0 aliphatic heterocycles. The lowest BCUT2D eigenvalue weighted by Gasteiger charge is -2.27. The van der Waals surface area contributed by atoms with Gasteiger partial charge >= 0.3 is 13.8 Å². The van der Waals surface area contributed by atoms with Gasteiger partial charge in [0.05, 0.1) is 33.8 Å². The second-order valence-electron chi connectivity index (χ2n) is 19.7. The molecule has 0 fully saturated rings. The van der Waals surface area contributed by atoms with Crippen LogP contribution in [0.15, 0.2) is 122 Å². The largest absolute Gasteiger partial charge is 0.472 e. The highest BCUT2D eigenvalue weighted by Gasteiger charge is 2.30. The van der Waals surface area contributed by atoms with Gasteiger partial charge in [0.15, 0.2) is 0 Å². The highest BCUT2D eigenvalue weighted by molar-refractivity contribution is 7.47. The first-order valence-corrected chi connectivity index (χ1v) is 29.9. The van der Waals surface area contributed by atoms with Crippen LogP contribution in [0, 0.1) is 0 Å². The fourth-order valence-electron chi connectivity index (χ4n) is 7.32. The van der Waals surface area contributed by atoms with E-state index >= 15 is 0 Å². The minimum absolute atomic E-state index is 0.0182. The summed E-state index contributed by atoms with van der Waals surface area (Å²) in [5.74, 6) is -0.621. The van der Waals surface area contributed by atoms with Crippen LogP contribution in [0.2, 0.25) is 0 Å². The van der Waals surface area contributed by atoms with Crippen LogP contribution in [-0.2, 0) is 27.9 Å². The third kappa shape index (κ3) is 51.3. The molecule has 9 nitrogen and oxygen atoms in total. The molecule has 0 saturated carbocycles. The Hall–Kier alpha value is -3.59. The number of esters is 1. The number of rotatable bonds is 49. The highest BCUT2D eigenvalue weighted by Crippen LogP contribution is 2.43. The van der Waals surface area contributed by atoms with Gasteiger partial charge in [0, 0.05) is 12.8 Å². The maximum Gasteiger partial charge on any atom is 0.472 e. The van der Waals surface area contributed by atoms with Gasteiger partial charge in [-0.1, -0.05) is 207 Å². The average molecular weight is 1020 g/mol. The number of unbranched alkanes of at least 4 members (excludes halogenated alkanes) is 15. The second-order valence-corrected chi connectivity index (χ2v) is 21.1. The Balaban J connectivity index is 5.55. The summed E-state index contributed by atoms with van der Waals surface area (Å²) in [6, 6.07) is -0.896.